The highest BCUT2D eigenvalue weighted by molar-refractivity contribution is 5.95. The summed E-state index contributed by atoms with van der Waals surface area (Å²) in [6.45, 7) is 2.16. The molecule has 0 spiro atoms. The molecule has 4 aromatic rings. The van der Waals surface area contributed by atoms with Gasteiger partial charge < -0.3 is 9.88 Å². The van der Waals surface area contributed by atoms with Crippen molar-refractivity contribution in [2.24, 2.45) is 0 Å². The molecule has 5 rings (SSSR count). The highest BCUT2D eigenvalue weighted by atomic mass is 16.1. The van der Waals surface area contributed by atoms with Gasteiger partial charge in [-0.25, -0.2) is 15.0 Å². The van der Waals surface area contributed by atoms with E-state index in [2.05, 4.69) is 14.9 Å². The first-order chi connectivity index (χ1) is 15.7. The molecule has 0 atom stereocenters. The first-order valence-electron chi connectivity index (χ1n) is 11.2. The molecule has 1 saturated carbocycles. The van der Waals surface area contributed by atoms with Crippen molar-refractivity contribution in [2.75, 3.05) is 5.32 Å². The van der Waals surface area contributed by atoms with Crippen molar-refractivity contribution in [1.82, 2.24) is 24.5 Å². The second kappa shape index (κ2) is 8.86. The minimum atomic E-state index is 0.0232. The maximum absolute atomic E-state index is 11.9. The van der Waals surface area contributed by atoms with E-state index in [1.54, 1.807) is 13.1 Å². The molecule has 0 aliphatic heterocycles. The van der Waals surface area contributed by atoms with Crippen LogP contribution in [0.2, 0.25) is 0 Å². The van der Waals surface area contributed by atoms with Gasteiger partial charge in [-0.3, -0.25) is 9.78 Å². The fourth-order valence-corrected chi connectivity index (χ4v) is 4.36. The average molecular weight is 427 g/mol. The van der Waals surface area contributed by atoms with Crippen LogP contribution >= 0.6 is 0 Å². The van der Waals surface area contributed by atoms with Gasteiger partial charge in [0.25, 0.3) is 0 Å². The Balaban J connectivity index is 1.59. The molecule has 32 heavy (non-hydrogen) atoms. The smallest absolute Gasteiger partial charge is 0.166 e. The van der Waals surface area contributed by atoms with Gasteiger partial charge in [0.15, 0.2) is 23.1 Å². The van der Waals surface area contributed by atoms with Gasteiger partial charge in [-0.05, 0) is 37.5 Å². The minimum absolute atomic E-state index is 0.0232. The number of nitrogens with zero attached hydrogens (tertiary/aromatic N) is 5. The lowest BCUT2D eigenvalue weighted by molar-refractivity contribution is 0.101. The predicted octanol–water partition coefficient (Wildman–Crippen LogP) is 5.21. The van der Waals surface area contributed by atoms with Crippen molar-refractivity contribution in [3.8, 4) is 11.4 Å². The van der Waals surface area contributed by atoms with Crippen molar-refractivity contribution >= 4 is 22.8 Å². The van der Waals surface area contributed by atoms with Crippen LogP contribution in [0.5, 0.6) is 0 Å². The van der Waals surface area contributed by atoms with E-state index < -0.39 is 0 Å². The number of carbonyl (C=O) groups excluding carboxylic acids is 1. The number of Topliss-reactive ketones (excluding diaryl/α,β-unsaturated/α-hetero) is 1. The predicted molar refractivity (Wildman–Crippen MR) is 124 cm³/mol. The molecule has 0 amide bonds. The summed E-state index contributed by atoms with van der Waals surface area (Å²) in [5, 5.41) is 3.43. The highest BCUT2D eigenvalue weighted by Crippen LogP contribution is 2.32. The van der Waals surface area contributed by atoms with E-state index in [-0.39, 0.29) is 5.78 Å². The Hall–Kier alpha value is -3.61. The third kappa shape index (κ3) is 4.10. The molecular formula is C25H26N6O. The second-order valence-corrected chi connectivity index (χ2v) is 8.36. The van der Waals surface area contributed by atoms with Gasteiger partial charge in [-0.1, -0.05) is 43.5 Å². The van der Waals surface area contributed by atoms with Crippen molar-refractivity contribution in [2.45, 2.75) is 51.6 Å². The highest BCUT2D eigenvalue weighted by Gasteiger charge is 2.21. The Kier molecular flexibility index (Phi) is 5.62. The SMILES string of the molecule is CC(=O)c1cccc(-c2nc(NCc3cccnc3)c3ncn(C4CCCCC4)c3n2)c1. The fourth-order valence-electron chi connectivity index (χ4n) is 4.36. The number of anilines is 1. The molecule has 7 heteroatoms. The first kappa shape index (κ1) is 20.3. The van der Waals surface area contributed by atoms with Crippen LogP contribution in [0, 0.1) is 0 Å². The standard InChI is InChI=1S/C25H26N6O/c1-17(32)19-8-5-9-20(13-19)23-29-24(27-15-18-7-6-12-26-14-18)22-25(30-23)31(16-28-22)21-10-3-2-4-11-21/h5-9,12-14,16,21H,2-4,10-11,15H2,1H3,(H,27,29,30). The molecule has 3 aromatic heterocycles. The topological polar surface area (TPSA) is 85.6 Å². The Bertz CT molecular complexity index is 1240. The molecule has 0 saturated heterocycles. The summed E-state index contributed by atoms with van der Waals surface area (Å²) in [6.07, 6.45) is 11.5. The minimum Gasteiger partial charge on any atom is -0.364 e. The molecule has 162 valence electrons. The molecule has 0 unspecified atom stereocenters. The lowest BCUT2D eigenvalue weighted by atomic mass is 9.95. The number of nitrogens with one attached hydrogen (secondary N) is 1. The fraction of sp³-hybridized carbons (Fsp3) is 0.320. The molecule has 1 aliphatic rings. The van der Waals surface area contributed by atoms with Gasteiger partial charge in [0.2, 0.25) is 0 Å². The van der Waals surface area contributed by atoms with E-state index in [9.17, 15) is 4.79 Å². The zero-order chi connectivity index (χ0) is 21.9. The van der Waals surface area contributed by atoms with Crippen molar-refractivity contribution < 1.29 is 4.79 Å². The Labute approximate surface area is 187 Å². The average Bonchev–Trinajstić information content (AvgIpc) is 3.28. The van der Waals surface area contributed by atoms with Crippen LogP contribution < -0.4 is 5.32 Å². The summed E-state index contributed by atoms with van der Waals surface area (Å²) in [7, 11) is 0. The van der Waals surface area contributed by atoms with E-state index in [0.717, 1.165) is 35.1 Å². The van der Waals surface area contributed by atoms with Crippen molar-refractivity contribution in [1.29, 1.82) is 0 Å². The number of rotatable bonds is 6. The van der Waals surface area contributed by atoms with Crippen molar-refractivity contribution in [3.05, 3.63) is 66.2 Å². The summed E-state index contributed by atoms with van der Waals surface area (Å²) in [5.41, 5.74) is 4.14. The van der Waals surface area contributed by atoms with Crippen LogP contribution in [0.3, 0.4) is 0 Å². The van der Waals surface area contributed by atoms with Crippen LogP contribution in [0.25, 0.3) is 22.6 Å². The molecule has 3 heterocycles. The number of ketones is 1. The monoisotopic (exact) mass is 426 g/mol. The molecule has 1 fully saturated rings. The summed E-state index contributed by atoms with van der Waals surface area (Å²) in [5.74, 6) is 1.30. The maximum Gasteiger partial charge on any atom is 0.166 e. The first-order valence-corrected chi connectivity index (χ1v) is 11.2. The van der Waals surface area contributed by atoms with E-state index in [0.29, 0.717) is 29.8 Å². The number of imidazole rings is 1. The van der Waals surface area contributed by atoms with E-state index in [1.165, 1.54) is 19.3 Å². The number of hydrogen-bond donors (Lipinski definition) is 1. The maximum atomic E-state index is 11.9. The lowest BCUT2D eigenvalue weighted by Crippen LogP contribution is -2.13. The van der Waals surface area contributed by atoms with Gasteiger partial charge in [0.1, 0.15) is 5.52 Å². The Morgan fingerprint density at radius 3 is 2.78 bits per heavy atom. The van der Waals surface area contributed by atoms with Crippen LogP contribution in [0.1, 0.15) is 61.0 Å². The number of pyridine rings is 1. The molecule has 0 bridgehead atoms. The van der Waals surface area contributed by atoms with Crippen LogP contribution in [-0.4, -0.2) is 30.3 Å². The van der Waals surface area contributed by atoms with Gasteiger partial charge >= 0.3 is 0 Å². The largest absolute Gasteiger partial charge is 0.364 e. The normalized spacial score (nSPS) is 14.5. The Morgan fingerprint density at radius 2 is 2.00 bits per heavy atom. The summed E-state index contributed by atoms with van der Waals surface area (Å²) >= 11 is 0. The summed E-state index contributed by atoms with van der Waals surface area (Å²) < 4.78 is 2.21. The van der Waals surface area contributed by atoms with Gasteiger partial charge in [0.05, 0.1) is 6.33 Å². The zero-order valence-electron chi connectivity index (χ0n) is 18.2. The van der Waals surface area contributed by atoms with Crippen LogP contribution in [0.15, 0.2) is 55.1 Å². The van der Waals surface area contributed by atoms with Crippen LogP contribution in [-0.2, 0) is 6.54 Å². The van der Waals surface area contributed by atoms with Gasteiger partial charge in [-0.2, -0.15) is 0 Å². The molecule has 1 aliphatic carbocycles. The van der Waals surface area contributed by atoms with Crippen molar-refractivity contribution in [3.63, 3.8) is 0 Å². The zero-order valence-corrected chi connectivity index (χ0v) is 18.2. The van der Waals surface area contributed by atoms with Crippen LogP contribution in [0.4, 0.5) is 5.82 Å². The third-order valence-electron chi connectivity index (χ3n) is 6.10. The molecule has 7 nitrogen and oxygen atoms in total. The van der Waals surface area contributed by atoms with E-state index >= 15 is 0 Å². The molecule has 1 aromatic carbocycles. The number of hydrogen-bond acceptors (Lipinski definition) is 6. The van der Waals surface area contributed by atoms with E-state index in [1.807, 2.05) is 48.9 Å². The number of carbonyl (C=O) groups is 1. The molecular weight excluding hydrogens is 400 g/mol. The third-order valence-corrected chi connectivity index (χ3v) is 6.10. The van der Waals surface area contributed by atoms with Gasteiger partial charge in [-0.15, -0.1) is 0 Å². The Morgan fingerprint density at radius 1 is 1.12 bits per heavy atom. The quantitative estimate of drug-likeness (QED) is 0.426. The number of aromatic nitrogens is 5. The molecule has 1 N–H and O–H groups in total. The lowest BCUT2D eigenvalue weighted by Gasteiger charge is -2.23. The second-order valence-electron chi connectivity index (χ2n) is 8.36. The summed E-state index contributed by atoms with van der Waals surface area (Å²) in [6, 6.07) is 11.8. The van der Waals surface area contributed by atoms with E-state index in [4.69, 9.17) is 15.0 Å². The number of fused-ring (bicyclic) bond motifs is 1. The number of benzene rings is 1. The van der Waals surface area contributed by atoms with Gasteiger partial charge in [0, 0.05) is 36.1 Å². The summed E-state index contributed by atoms with van der Waals surface area (Å²) in [4.78, 5) is 30.5. The molecule has 0 radical (unpaired) electrons.